The molecule has 2 aromatic rings. The highest BCUT2D eigenvalue weighted by Crippen LogP contribution is 2.08. The van der Waals surface area contributed by atoms with E-state index < -0.39 is 60.8 Å². The fourth-order valence-electron chi connectivity index (χ4n) is 3.45. The molecule has 0 spiro atoms. The topological polar surface area (TPSA) is 301 Å². The molecule has 1 aromatic carbocycles. The fraction of sp³-hybridized carbons (Fsp3) is 0.400. The number of guanidine groups is 1. The third kappa shape index (κ3) is 13.3. The average Bonchev–Trinajstić information content (AvgIpc) is 3.43. The number of carbonyl (C=O) groups is 5. The van der Waals surface area contributed by atoms with Crippen LogP contribution < -0.4 is 37.2 Å². The van der Waals surface area contributed by atoms with Crippen molar-refractivity contribution in [1.82, 2.24) is 21.2 Å². The van der Waals surface area contributed by atoms with E-state index in [0.29, 0.717) is 5.69 Å². The molecule has 3 amide bonds. The molecule has 19 heteroatoms. The van der Waals surface area contributed by atoms with E-state index in [1.807, 2.05) is 11.4 Å². The molecule has 0 saturated carbocycles. The lowest BCUT2D eigenvalue weighted by molar-refractivity contribution is -0.670. The number of amides is 3. The number of carboxylic acids is 2. The van der Waals surface area contributed by atoms with Crippen LogP contribution >= 0.6 is 0 Å². The number of rotatable bonds is 18. The van der Waals surface area contributed by atoms with Crippen LogP contribution in [0.3, 0.4) is 0 Å². The Balaban J connectivity index is 1.85. The van der Waals surface area contributed by atoms with Crippen LogP contribution in [0.1, 0.15) is 32.1 Å². The summed E-state index contributed by atoms with van der Waals surface area (Å²) in [6, 6.07) is 6.13. The molecule has 9 N–H and O–H groups in total. The lowest BCUT2D eigenvalue weighted by Crippen LogP contribution is -2.51. The Morgan fingerprint density at radius 3 is 2.41 bits per heavy atom. The number of aliphatic imine (C=N–C) groups is 2. The normalized spacial score (nSPS) is 12.3. The molecule has 0 aliphatic rings. The van der Waals surface area contributed by atoms with Gasteiger partial charge in [-0.05, 0) is 30.6 Å². The maximum Gasteiger partial charge on any atom is 0.326 e. The molecule has 2 rings (SSSR count). The molecule has 0 unspecified atom stereocenters. The molecule has 19 nitrogen and oxygen atoms in total. The molecule has 1 heterocycles. The number of carboxylic acid groups (broad SMARTS) is 2. The van der Waals surface area contributed by atoms with Gasteiger partial charge in [-0.15, -0.1) is 0 Å². The minimum atomic E-state index is -1.70. The first-order valence-corrected chi connectivity index (χ1v) is 13.1. The number of hydrogen-bond acceptors (Lipinski definition) is 11. The Labute approximate surface area is 249 Å². The van der Waals surface area contributed by atoms with E-state index in [1.165, 1.54) is 10.9 Å². The number of nitrogens with zero attached hydrogens (tertiary/aromatic N) is 4. The van der Waals surface area contributed by atoms with E-state index in [9.17, 15) is 29.1 Å². The number of hydrogen-bond donors (Lipinski definition) is 7. The predicted octanol–water partition coefficient (Wildman–Crippen LogP) is -3.21. The van der Waals surface area contributed by atoms with Gasteiger partial charge in [-0.3, -0.25) is 28.7 Å². The second kappa shape index (κ2) is 17.9. The summed E-state index contributed by atoms with van der Waals surface area (Å²) in [5.74, 6) is -5.57. The summed E-state index contributed by atoms with van der Waals surface area (Å²) in [7, 11) is 0. The highest BCUT2D eigenvalue weighted by molar-refractivity contribution is 5.92. The minimum absolute atomic E-state index is 0.0702. The summed E-state index contributed by atoms with van der Waals surface area (Å²) in [6.07, 6.45) is -0.169. The van der Waals surface area contributed by atoms with Gasteiger partial charge >= 0.3 is 17.8 Å². The molecule has 2 atom stereocenters. The zero-order chi connectivity index (χ0) is 32.5. The lowest BCUT2D eigenvalue weighted by Gasteiger charge is -2.19. The van der Waals surface area contributed by atoms with E-state index >= 15 is 0 Å². The van der Waals surface area contributed by atoms with Crippen molar-refractivity contribution in [2.75, 3.05) is 19.7 Å². The average molecular weight is 620 g/mol. The SMILES string of the molecule is NC(N)=NCCC[C@H](NC(=O)CCCO/C([O-])=N/c1c[n+](-c2ccccc2)no1)C(=O)NCC(=O)N[C@@H](CC(=O)O)C(=O)O. The molecular formula is C25H33N9O10. The second-order valence-corrected chi connectivity index (χ2v) is 8.99. The molecule has 0 radical (unpaired) electrons. The first-order valence-electron chi connectivity index (χ1n) is 13.1. The maximum absolute atomic E-state index is 12.7. The van der Waals surface area contributed by atoms with Crippen LogP contribution in [0.15, 0.2) is 51.0 Å². The van der Waals surface area contributed by atoms with Crippen LogP contribution in [-0.4, -0.2) is 89.0 Å². The Hall–Kier alpha value is -5.75. The number of para-hydroxylation sites is 1. The van der Waals surface area contributed by atoms with Gasteiger partial charge in [0.25, 0.3) is 6.20 Å². The van der Waals surface area contributed by atoms with Crippen LogP contribution in [0, 0.1) is 0 Å². The summed E-state index contributed by atoms with van der Waals surface area (Å²) in [4.78, 5) is 66.6. The van der Waals surface area contributed by atoms with Crippen LogP contribution in [0.5, 0.6) is 0 Å². The zero-order valence-electron chi connectivity index (χ0n) is 23.4. The third-order valence-electron chi connectivity index (χ3n) is 5.48. The molecule has 1 aromatic heterocycles. The van der Waals surface area contributed by atoms with Crippen molar-refractivity contribution in [2.24, 2.45) is 21.5 Å². The second-order valence-electron chi connectivity index (χ2n) is 8.99. The predicted molar refractivity (Wildman–Crippen MR) is 147 cm³/mol. The van der Waals surface area contributed by atoms with Gasteiger partial charge in [0.05, 0.1) is 13.0 Å². The largest absolute Gasteiger partial charge is 0.600 e. The van der Waals surface area contributed by atoms with E-state index in [-0.39, 0.29) is 50.7 Å². The monoisotopic (exact) mass is 619 g/mol. The number of carbonyl (C=O) groups excluding carboxylic acids is 3. The van der Waals surface area contributed by atoms with Crippen molar-refractivity contribution in [3.8, 4) is 5.69 Å². The van der Waals surface area contributed by atoms with E-state index in [0.717, 1.165) is 0 Å². The van der Waals surface area contributed by atoms with Gasteiger partial charge in [0, 0.05) is 25.1 Å². The molecule has 0 aliphatic carbocycles. The number of aliphatic carboxylic acids is 2. The van der Waals surface area contributed by atoms with Crippen molar-refractivity contribution in [3.05, 3.63) is 36.5 Å². The Bertz CT molecular complexity index is 1340. The van der Waals surface area contributed by atoms with Crippen molar-refractivity contribution >= 4 is 47.6 Å². The highest BCUT2D eigenvalue weighted by atomic mass is 16.6. The lowest BCUT2D eigenvalue weighted by atomic mass is 10.1. The summed E-state index contributed by atoms with van der Waals surface area (Å²) in [6.45, 7) is -0.711. The van der Waals surface area contributed by atoms with E-state index in [2.05, 4.69) is 25.9 Å². The Morgan fingerprint density at radius 1 is 1.05 bits per heavy atom. The molecule has 0 saturated heterocycles. The standard InChI is InChI=1S/C25H33N9O10/c26-24(27)28-10-4-8-16(22(39)29-13-19(36)31-17(23(40)41)12-21(37)38)30-18(35)9-5-11-43-25(42)32-20-14-34(33-44-20)15-6-2-1-3-7-15/h1-3,6-7,14,16-17H,4-5,8-13H2,(H9-,26,27,28,29,30,31,32,33,35,36,37,38,39,40,41,42)/t16-,17-/m0/s1. The first-order chi connectivity index (χ1) is 20.9. The van der Waals surface area contributed by atoms with Gasteiger partial charge < -0.3 is 47.5 Å². The summed E-state index contributed by atoms with van der Waals surface area (Å²) in [5, 5.41) is 40.3. The van der Waals surface area contributed by atoms with Gasteiger partial charge in [0.15, 0.2) is 12.0 Å². The number of nitrogens with two attached hydrogens (primary N) is 2. The number of aromatic nitrogens is 2. The Morgan fingerprint density at radius 2 is 1.75 bits per heavy atom. The maximum atomic E-state index is 12.7. The van der Waals surface area contributed by atoms with E-state index in [4.69, 9.17) is 30.9 Å². The molecule has 44 heavy (non-hydrogen) atoms. The highest BCUT2D eigenvalue weighted by Gasteiger charge is 2.25. The van der Waals surface area contributed by atoms with Crippen LogP contribution in [0.4, 0.5) is 5.88 Å². The van der Waals surface area contributed by atoms with Crippen molar-refractivity contribution < 1.29 is 53.2 Å². The summed E-state index contributed by atoms with van der Waals surface area (Å²) >= 11 is 0. The quantitative estimate of drug-likeness (QED) is 0.0375. The van der Waals surface area contributed by atoms with E-state index in [1.54, 1.807) is 24.3 Å². The molecule has 0 fully saturated rings. The van der Waals surface area contributed by atoms with Crippen molar-refractivity contribution in [1.29, 1.82) is 0 Å². The van der Waals surface area contributed by atoms with Crippen LogP contribution in [0.25, 0.3) is 5.69 Å². The van der Waals surface area contributed by atoms with Gasteiger partial charge in [0.1, 0.15) is 12.1 Å². The van der Waals surface area contributed by atoms with Gasteiger partial charge in [0.2, 0.25) is 28.7 Å². The molecular weight excluding hydrogens is 586 g/mol. The molecule has 0 bridgehead atoms. The number of ether oxygens (including phenoxy) is 1. The Kier molecular flexibility index (Phi) is 14.0. The fourth-order valence-corrected chi connectivity index (χ4v) is 3.45. The summed E-state index contributed by atoms with van der Waals surface area (Å²) in [5.41, 5.74) is 11.3. The molecule has 238 valence electrons. The van der Waals surface area contributed by atoms with Gasteiger partial charge in [-0.2, -0.15) is 4.99 Å². The number of nitrogens with one attached hydrogen (secondary N) is 3. The van der Waals surface area contributed by atoms with Crippen LogP contribution in [0.2, 0.25) is 0 Å². The van der Waals surface area contributed by atoms with Gasteiger partial charge in [-0.1, -0.05) is 18.2 Å². The van der Waals surface area contributed by atoms with Crippen molar-refractivity contribution in [3.63, 3.8) is 0 Å². The summed E-state index contributed by atoms with van der Waals surface area (Å²) < 4.78 is 11.3. The minimum Gasteiger partial charge on any atom is -0.600 e. The number of benzene rings is 1. The third-order valence-corrected chi connectivity index (χ3v) is 5.48. The zero-order valence-corrected chi connectivity index (χ0v) is 23.4. The molecule has 0 aliphatic heterocycles. The van der Waals surface area contributed by atoms with Crippen molar-refractivity contribution in [2.45, 2.75) is 44.2 Å². The van der Waals surface area contributed by atoms with Crippen LogP contribution in [-0.2, 0) is 28.7 Å². The van der Waals surface area contributed by atoms with Gasteiger partial charge in [-0.25, -0.2) is 4.79 Å². The first kappa shape index (κ1) is 34.5. The smallest absolute Gasteiger partial charge is 0.326 e.